The number of aliphatic hydroxyl groups is 1. The van der Waals surface area contributed by atoms with Crippen LogP contribution in [0.4, 0.5) is 5.13 Å². The van der Waals surface area contributed by atoms with Gasteiger partial charge in [-0.3, -0.25) is 0 Å². The Morgan fingerprint density at radius 3 is 2.59 bits per heavy atom. The number of hydrogen-bond acceptors (Lipinski definition) is 5. The maximum absolute atomic E-state index is 10.3. The first-order valence-electron chi connectivity index (χ1n) is 7.10. The van der Waals surface area contributed by atoms with Gasteiger partial charge in [0.05, 0.1) is 6.10 Å². The molecule has 4 nitrogen and oxygen atoms in total. The molecule has 0 amide bonds. The van der Waals surface area contributed by atoms with Crippen LogP contribution in [-0.2, 0) is 0 Å². The molecule has 0 fully saturated rings. The third-order valence-electron chi connectivity index (χ3n) is 3.45. The van der Waals surface area contributed by atoms with Crippen LogP contribution in [0, 0.1) is 6.92 Å². The molecular formula is C17H17N3OS. The van der Waals surface area contributed by atoms with E-state index in [9.17, 15) is 5.11 Å². The molecule has 0 radical (unpaired) electrons. The van der Waals surface area contributed by atoms with Crippen LogP contribution in [0.2, 0.25) is 0 Å². The van der Waals surface area contributed by atoms with Crippen molar-refractivity contribution in [3.8, 4) is 11.4 Å². The van der Waals surface area contributed by atoms with Gasteiger partial charge in [-0.15, -0.1) is 0 Å². The summed E-state index contributed by atoms with van der Waals surface area (Å²) in [5.41, 5.74) is 3.01. The molecule has 5 heteroatoms. The average molecular weight is 311 g/mol. The Bertz CT molecular complexity index is 742. The van der Waals surface area contributed by atoms with E-state index in [1.807, 2.05) is 61.5 Å². The van der Waals surface area contributed by atoms with Gasteiger partial charge in [-0.1, -0.05) is 54.6 Å². The molecule has 2 N–H and O–H groups in total. The molecule has 1 aromatic heterocycles. The molecule has 0 bridgehead atoms. The quantitative estimate of drug-likeness (QED) is 0.755. The summed E-state index contributed by atoms with van der Waals surface area (Å²) in [5.74, 6) is 0.707. The van der Waals surface area contributed by atoms with Crippen LogP contribution < -0.4 is 5.32 Å². The van der Waals surface area contributed by atoms with Crippen molar-refractivity contribution in [2.75, 3.05) is 11.9 Å². The van der Waals surface area contributed by atoms with Gasteiger partial charge in [0, 0.05) is 23.6 Å². The van der Waals surface area contributed by atoms with Crippen molar-refractivity contribution >= 4 is 16.7 Å². The van der Waals surface area contributed by atoms with E-state index in [2.05, 4.69) is 14.7 Å². The number of aromatic nitrogens is 2. The average Bonchev–Trinajstić information content (AvgIpc) is 3.03. The first-order valence-corrected chi connectivity index (χ1v) is 7.88. The second-order valence-electron chi connectivity index (χ2n) is 5.04. The van der Waals surface area contributed by atoms with Crippen LogP contribution in [0.1, 0.15) is 17.2 Å². The lowest BCUT2D eigenvalue weighted by atomic mass is 10.0. The smallest absolute Gasteiger partial charge is 0.202 e. The molecule has 2 aromatic carbocycles. The summed E-state index contributed by atoms with van der Waals surface area (Å²) in [6.07, 6.45) is -0.565. The second-order valence-corrected chi connectivity index (χ2v) is 5.79. The lowest BCUT2D eigenvalue weighted by Crippen LogP contribution is -2.13. The molecule has 3 rings (SSSR count). The van der Waals surface area contributed by atoms with Gasteiger partial charge in [-0.05, 0) is 18.1 Å². The molecule has 22 heavy (non-hydrogen) atoms. The molecule has 0 aliphatic heterocycles. The van der Waals surface area contributed by atoms with Crippen molar-refractivity contribution in [3.05, 3.63) is 65.7 Å². The normalized spacial score (nSPS) is 12.1. The molecule has 1 atom stereocenters. The van der Waals surface area contributed by atoms with Crippen molar-refractivity contribution in [1.29, 1.82) is 0 Å². The predicted octanol–water partition coefficient (Wildman–Crippen LogP) is 3.66. The number of nitrogens with one attached hydrogen (secondary N) is 1. The minimum absolute atomic E-state index is 0.411. The van der Waals surface area contributed by atoms with Gasteiger partial charge in [0.25, 0.3) is 0 Å². The fourth-order valence-corrected chi connectivity index (χ4v) is 2.85. The maximum atomic E-state index is 10.3. The van der Waals surface area contributed by atoms with Crippen LogP contribution in [0.25, 0.3) is 11.4 Å². The van der Waals surface area contributed by atoms with E-state index < -0.39 is 6.10 Å². The van der Waals surface area contributed by atoms with Gasteiger partial charge in [0.15, 0.2) is 5.82 Å². The van der Waals surface area contributed by atoms with E-state index in [0.29, 0.717) is 17.5 Å². The van der Waals surface area contributed by atoms with E-state index in [1.54, 1.807) is 0 Å². The van der Waals surface area contributed by atoms with Gasteiger partial charge in [-0.2, -0.15) is 9.36 Å². The highest BCUT2D eigenvalue weighted by molar-refractivity contribution is 7.09. The van der Waals surface area contributed by atoms with Crippen molar-refractivity contribution in [1.82, 2.24) is 9.36 Å². The number of anilines is 1. The van der Waals surface area contributed by atoms with Gasteiger partial charge < -0.3 is 10.4 Å². The number of aliphatic hydroxyl groups excluding tert-OH is 1. The highest BCUT2D eigenvalue weighted by Crippen LogP contribution is 2.22. The number of aryl methyl sites for hydroxylation is 1. The molecule has 0 aliphatic carbocycles. The van der Waals surface area contributed by atoms with Crippen LogP contribution in [0.3, 0.4) is 0 Å². The topological polar surface area (TPSA) is 58.0 Å². The van der Waals surface area contributed by atoms with Crippen LogP contribution in [0.5, 0.6) is 0 Å². The molecule has 0 saturated carbocycles. The third kappa shape index (κ3) is 3.32. The summed E-state index contributed by atoms with van der Waals surface area (Å²) in [4.78, 5) is 4.45. The van der Waals surface area contributed by atoms with Crippen molar-refractivity contribution in [2.45, 2.75) is 13.0 Å². The largest absolute Gasteiger partial charge is 0.387 e. The Kier molecular flexibility index (Phi) is 4.46. The highest BCUT2D eigenvalue weighted by atomic mass is 32.1. The van der Waals surface area contributed by atoms with Crippen molar-refractivity contribution in [3.63, 3.8) is 0 Å². The summed E-state index contributed by atoms with van der Waals surface area (Å²) in [7, 11) is 0. The summed E-state index contributed by atoms with van der Waals surface area (Å²) in [6, 6.07) is 17.7. The minimum atomic E-state index is -0.565. The van der Waals surface area contributed by atoms with Gasteiger partial charge in [0.2, 0.25) is 5.13 Å². The third-order valence-corrected chi connectivity index (χ3v) is 4.12. The van der Waals surface area contributed by atoms with Crippen molar-refractivity contribution < 1.29 is 5.11 Å². The maximum Gasteiger partial charge on any atom is 0.202 e. The zero-order valence-corrected chi connectivity index (χ0v) is 13.0. The predicted molar refractivity (Wildman–Crippen MR) is 90.0 cm³/mol. The monoisotopic (exact) mass is 311 g/mol. The van der Waals surface area contributed by atoms with E-state index in [0.717, 1.165) is 16.7 Å². The van der Waals surface area contributed by atoms with E-state index in [4.69, 9.17) is 0 Å². The molecule has 0 spiro atoms. The summed E-state index contributed by atoms with van der Waals surface area (Å²) in [5, 5.41) is 14.1. The fraction of sp³-hybridized carbons (Fsp3) is 0.176. The van der Waals surface area contributed by atoms with Gasteiger partial charge in [0.1, 0.15) is 0 Å². The molecule has 112 valence electrons. The standard InChI is InChI=1S/C17H17N3OS/c1-12-7-5-6-10-14(12)15(21)11-18-17-19-16(20-22-17)13-8-3-2-4-9-13/h2-10,15,21H,11H2,1H3,(H,18,19,20). The van der Waals surface area contributed by atoms with Crippen LogP contribution >= 0.6 is 11.5 Å². The Morgan fingerprint density at radius 2 is 1.82 bits per heavy atom. The summed E-state index contributed by atoms with van der Waals surface area (Å²) in [6.45, 7) is 2.41. The first kappa shape index (κ1) is 14.7. The van der Waals surface area contributed by atoms with E-state index in [-0.39, 0.29) is 0 Å². The SMILES string of the molecule is Cc1ccccc1C(O)CNc1nc(-c2ccccc2)ns1. The van der Waals surface area contributed by atoms with Crippen molar-refractivity contribution in [2.24, 2.45) is 0 Å². The number of rotatable bonds is 5. The zero-order chi connectivity index (χ0) is 15.4. The Labute approximate surface area is 133 Å². The lowest BCUT2D eigenvalue weighted by molar-refractivity contribution is 0.191. The Balaban J connectivity index is 1.65. The Morgan fingerprint density at radius 1 is 1.09 bits per heavy atom. The van der Waals surface area contributed by atoms with E-state index in [1.165, 1.54) is 11.5 Å². The van der Waals surface area contributed by atoms with Crippen LogP contribution in [-0.4, -0.2) is 21.0 Å². The summed E-state index contributed by atoms with van der Waals surface area (Å²) < 4.78 is 4.34. The van der Waals surface area contributed by atoms with Crippen LogP contribution in [0.15, 0.2) is 54.6 Å². The highest BCUT2D eigenvalue weighted by Gasteiger charge is 2.11. The molecule has 0 saturated heterocycles. The van der Waals surface area contributed by atoms with Gasteiger partial charge >= 0.3 is 0 Å². The molecule has 3 aromatic rings. The molecule has 1 heterocycles. The second kappa shape index (κ2) is 6.68. The zero-order valence-electron chi connectivity index (χ0n) is 12.2. The van der Waals surface area contributed by atoms with Gasteiger partial charge in [-0.25, -0.2) is 0 Å². The molecule has 1 unspecified atom stereocenters. The molecule has 0 aliphatic rings. The first-order chi connectivity index (χ1) is 10.7. The fourth-order valence-electron chi connectivity index (χ4n) is 2.25. The summed E-state index contributed by atoms with van der Waals surface area (Å²) >= 11 is 1.30. The van der Waals surface area contributed by atoms with E-state index >= 15 is 0 Å². The molecular weight excluding hydrogens is 294 g/mol. The minimum Gasteiger partial charge on any atom is -0.387 e. The number of hydrogen-bond donors (Lipinski definition) is 2. The Hall–Kier alpha value is -2.24. The lowest BCUT2D eigenvalue weighted by Gasteiger charge is -2.13. The number of nitrogens with zero attached hydrogens (tertiary/aromatic N) is 2. The number of benzene rings is 2.